The first-order chi connectivity index (χ1) is 13.9. The molecule has 2 N–H and O–H groups in total. The third-order valence-corrected chi connectivity index (χ3v) is 3.97. The number of carboxylic acid groups (broad SMARTS) is 1. The summed E-state index contributed by atoms with van der Waals surface area (Å²) in [6.45, 7) is 1.56. The number of aryl methyl sites for hydroxylation is 1. The number of hydrogen-bond acceptors (Lipinski definition) is 4. The number of aromatic amines is 1. The minimum absolute atomic E-state index is 0.00932. The normalized spacial score (nSPS) is 13.0. The lowest BCUT2D eigenvalue weighted by atomic mass is 10.0. The number of halogens is 6. The summed E-state index contributed by atoms with van der Waals surface area (Å²) in [5, 5.41) is 19.4. The first kappa shape index (κ1) is 21.1. The molecule has 0 amide bonds. The van der Waals surface area contributed by atoms with Crippen molar-refractivity contribution in [1.29, 1.82) is 0 Å². The summed E-state index contributed by atoms with van der Waals surface area (Å²) >= 11 is 0. The predicted octanol–water partition coefficient (Wildman–Crippen LogP) is 4.10. The van der Waals surface area contributed by atoms with Crippen molar-refractivity contribution in [3.8, 4) is 11.4 Å². The molecule has 2 aromatic heterocycles. The molecule has 0 spiro atoms. The largest absolute Gasteiger partial charge is 0.478 e. The lowest BCUT2D eigenvalue weighted by molar-refractivity contribution is -0.143. The van der Waals surface area contributed by atoms with E-state index in [9.17, 15) is 36.2 Å². The Bertz CT molecular complexity index is 1090. The van der Waals surface area contributed by atoms with Gasteiger partial charge < -0.3 is 5.11 Å². The zero-order chi connectivity index (χ0) is 22.3. The van der Waals surface area contributed by atoms with E-state index in [1.54, 1.807) is 6.92 Å². The third-order valence-electron chi connectivity index (χ3n) is 3.97. The van der Waals surface area contributed by atoms with E-state index in [0.29, 0.717) is 17.8 Å². The molecule has 7 nitrogen and oxygen atoms in total. The molecule has 3 aromatic rings. The van der Waals surface area contributed by atoms with Gasteiger partial charge in [0, 0.05) is 23.0 Å². The maximum Gasteiger partial charge on any atom is 0.416 e. The van der Waals surface area contributed by atoms with Crippen molar-refractivity contribution in [2.24, 2.45) is 0 Å². The predicted molar refractivity (Wildman–Crippen MR) is 90.6 cm³/mol. The monoisotopic (exact) mass is 431 g/mol. The fourth-order valence-corrected chi connectivity index (χ4v) is 2.55. The first-order valence-corrected chi connectivity index (χ1v) is 8.02. The van der Waals surface area contributed by atoms with Crippen molar-refractivity contribution in [2.45, 2.75) is 19.3 Å². The SMILES string of the molecule is Cc1[nH]ncc1/C(=C\n1cnc(-c2cc(C(F)(F)F)cc(C(F)(F)F)c2)n1)C(=O)O. The Balaban J connectivity index is 2.08. The molecule has 0 radical (unpaired) electrons. The summed E-state index contributed by atoms with van der Waals surface area (Å²) in [7, 11) is 0. The smallest absolute Gasteiger partial charge is 0.416 e. The van der Waals surface area contributed by atoms with Crippen LogP contribution in [0.15, 0.2) is 30.7 Å². The highest BCUT2D eigenvalue weighted by molar-refractivity contribution is 6.19. The molecule has 0 bridgehead atoms. The van der Waals surface area contributed by atoms with Gasteiger partial charge in [-0.15, -0.1) is 5.10 Å². The van der Waals surface area contributed by atoms with Crippen LogP contribution in [0.2, 0.25) is 0 Å². The van der Waals surface area contributed by atoms with Gasteiger partial charge in [0.05, 0.1) is 22.9 Å². The number of alkyl halides is 6. The second kappa shape index (κ2) is 7.31. The van der Waals surface area contributed by atoms with Crippen molar-refractivity contribution in [3.05, 3.63) is 53.1 Å². The lowest BCUT2D eigenvalue weighted by Crippen LogP contribution is -2.11. The van der Waals surface area contributed by atoms with Crippen LogP contribution in [0.3, 0.4) is 0 Å². The minimum Gasteiger partial charge on any atom is -0.478 e. The van der Waals surface area contributed by atoms with Crippen molar-refractivity contribution in [3.63, 3.8) is 0 Å². The Labute approximate surface area is 163 Å². The molecule has 0 aliphatic rings. The summed E-state index contributed by atoms with van der Waals surface area (Å²) < 4.78 is 79.0. The van der Waals surface area contributed by atoms with Gasteiger partial charge in [-0.2, -0.15) is 31.4 Å². The lowest BCUT2D eigenvalue weighted by Gasteiger charge is -2.13. The summed E-state index contributed by atoms with van der Waals surface area (Å²) in [5.41, 5.74) is -3.17. The molecule has 0 unspecified atom stereocenters. The van der Waals surface area contributed by atoms with Crippen LogP contribution in [0.1, 0.15) is 22.4 Å². The van der Waals surface area contributed by atoms with Gasteiger partial charge >= 0.3 is 18.3 Å². The number of H-pyrrole nitrogens is 1. The highest BCUT2D eigenvalue weighted by atomic mass is 19.4. The summed E-state index contributed by atoms with van der Waals surface area (Å²) in [6, 6.07) is 0.957. The Morgan fingerprint density at radius 1 is 1.10 bits per heavy atom. The van der Waals surface area contributed by atoms with Crippen LogP contribution in [0.4, 0.5) is 26.3 Å². The van der Waals surface area contributed by atoms with Crippen LogP contribution in [0, 0.1) is 6.92 Å². The topological polar surface area (TPSA) is 96.7 Å². The summed E-state index contributed by atoms with van der Waals surface area (Å²) in [6.07, 6.45) is -6.83. The number of aliphatic carboxylic acids is 1. The molecule has 1 aromatic carbocycles. The van der Waals surface area contributed by atoms with Crippen LogP contribution >= 0.6 is 0 Å². The molecule has 2 heterocycles. The van der Waals surface area contributed by atoms with E-state index in [-0.39, 0.29) is 17.2 Å². The number of carboxylic acids is 1. The first-order valence-electron chi connectivity index (χ1n) is 8.02. The number of carbonyl (C=O) groups is 1. The van der Waals surface area contributed by atoms with Crippen LogP contribution < -0.4 is 0 Å². The average molecular weight is 431 g/mol. The maximum absolute atomic E-state index is 13.0. The molecule has 0 fully saturated rings. The van der Waals surface area contributed by atoms with E-state index >= 15 is 0 Å². The Morgan fingerprint density at radius 2 is 1.70 bits per heavy atom. The van der Waals surface area contributed by atoms with E-state index in [0.717, 1.165) is 17.2 Å². The molecule has 3 rings (SSSR count). The van der Waals surface area contributed by atoms with E-state index in [4.69, 9.17) is 0 Å². The molecule has 0 aliphatic heterocycles. The fraction of sp³-hybridized carbons (Fsp3) is 0.176. The highest BCUT2D eigenvalue weighted by Crippen LogP contribution is 2.38. The number of benzene rings is 1. The van der Waals surface area contributed by atoms with Crippen molar-refractivity contribution < 1.29 is 36.2 Å². The van der Waals surface area contributed by atoms with Crippen LogP contribution in [0.5, 0.6) is 0 Å². The fourth-order valence-electron chi connectivity index (χ4n) is 2.55. The minimum atomic E-state index is -5.02. The number of aromatic nitrogens is 5. The van der Waals surface area contributed by atoms with Crippen molar-refractivity contribution >= 4 is 17.7 Å². The van der Waals surface area contributed by atoms with Gasteiger partial charge in [-0.3, -0.25) is 5.10 Å². The van der Waals surface area contributed by atoms with Gasteiger partial charge in [0.15, 0.2) is 5.82 Å². The molecule has 30 heavy (non-hydrogen) atoms. The summed E-state index contributed by atoms with van der Waals surface area (Å²) in [5.74, 6) is -1.80. The number of nitrogens with zero attached hydrogens (tertiary/aromatic N) is 4. The molecule has 0 atom stereocenters. The Hall–Kier alpha value is -3.64. The van der Waals surface area contributed by atoms with Gasteiger partial charge in [-0.05, 0) is 25.1 Å². The number of hydrogen-bond donors (Lipinski definition) is 2. The van der Waals surface area contributed by atoms with Gasteiger partial charge in [-0.25, -0.2) is 14.5 Å². The van der Waals surface area contributed by atoms with Crippen LogP contribution in [-0.4, -0.2) is 36.0 Å². The molecule has 158 valence electrons. The molecule has 13 heteroatoms. The van der Waals surface area contributed by atoms with Gasteiger partial charge in [0.2, 0.25) is 0 Å². The second-order valence-electron chi connectivity index (χ2n) is 6.10. The quantitative estimate of drug-likeness (QED) is 0.479. The molecule has 0 saturated heterocycles. The standard InChI is InChI=1S/C17H11F6N5O2/c1-8-12(5-25-26-8)13(15(29)30)6-28-7-24-14(27-28)9-2-10(16(18,19)20)4-11(3-9)17(21,22)23/h2-7H,1H3,(H,25,26)(H,29,30)/b13-6+. The van der Waals surface area contributed by atoms with Gasteiger partial charge in [0.1, 0.15) is 6.33 Å². The highest BCUT2D eigenvalue weighted by Gasteiger charge is 2.37. The third kappa shape index (κ3) is 4.34. The number of rotatable bonds is 4. The van der Waals surface area contributed by atoms with Crippen LogP contribution in [-0.2, 0) is 17.1 Å². The van der Waals surface area contributed by atoms with Crippen LogP contribution in [0.25, 0.3) is 23.2 Å². The Kier molecular flexibility index (Phi) is 5.14. The second-order valence-corrected chi connectivity index (χ2v) is 6.10. The summed E-state index contributed by atoms with van der Waals surface area (Å²) in [4.78, 5) is 15.2. The van der Waals surface area contributed by atoms with E-state index in [1.807, 2.05) is 0 Å². The van der Waals surface area contributed by atoms with Gasteiger partial charge in [-0.1, -0.05) is 0 Å². The molecule has 0 aliphatic carbocycles. The number of nitrogens with one attached hydrogen (secondary N) is 1. The maximum atomic E-state index is 13.0. The zero-order valence-electron chi connectivity index (χ0n) is 14.9. The van der Waals surface area contributed by atoms with Gasteiger partial charge in [0.25, 0.3) is 0 Å². The molecular formula is C17H11F6N5O2. The van der Waals surface area contributed by atoms with E-state index < -0.39 is 40.8 Å². The zero-order valence-corrected chi connectivity index (χ0v) is 14.9. The Morgan fingerprint density at radius 3 is 2.17 bits per heavy atom. The van der Waals surface area contributed by atoms with Crippen molar-refractivity contribution in [1.82, 2.24) is 25.0 Å². The molecular weight excluding hydrogens is 420 g/mol. The average Bonchev–Trinajstić information content (AvgIpc) is 3.26. The van der Waals surface area contributed by atoms with E-state index in [2.05, 4.69) is 20.3 Å². The van der Waals surface area contributed by atoms with Crippen molar-refractivity contribution in [2.75, 3.05) is 0 Å². The molecule has 0 saturated carbocycles. The van der Waals surface area contributed by atoms with E-state index in [1.165, 1.54) is 6.20 Å².